The highest BCUT2D eigenvalue weighted by atomic mass is 32.2. The zero-order valence-electron chi connectivity index (χ0n) is 22.3. The topological polar surface area (TPSA) is 127 Å². The smallest absolute Gasteiger partial charge is 0.233 e. The summed E-state index contributed by atoms with van der Waals surface area (Å²) in [6.07, 6.45) is 11.5. The fourth-order valence-corrected chi connectivity index (χ4v) is 9.88. The highest BCUT2D eigenvalue weighted by molar-refractivity contribution is 7.72. The van der Waals surface area contributed by atoms with Crippen molar-refractivity contribution in [2.24, 2.45) is 52.1 Å². The van der Waals surface area contributed by atoms with Crippen LogP contribution in [0.15, 0.2) is 0 Å². The van der Waals surface area contributed by atoms with Crippen molar-refractivity contribution < 1.29 is 23.1 Å². The minimum atomic E-state index is -2.57. The Morgan fingerprint density at radius 3 is 2.36 bits per heavy atom. The van der Waals surface area contributed by atoms with Crippen molar-refractivity contribution in [3.05, 3.63) is 0 Å². The van der Waals surface area contributed by atoms with Crippen molar-refractivity contribution in [3.63, 3.8) is 0 Å². The van der Waals surface area contributed by atoms with Crippen LogP contribution in [0.2, 0.25) is 0 Å². The molecule has 0 aromatic heterocycles. The summed E-state index contributed by atoms with van der Waals surface area (Å²) < 4.78 is 22.8. The van der Waals surface area contributed by atoms with Gasteiger partial charge in [-0.1, -0.05) is 20.8 Å². The zero-order valence-corrected chi connectivity index (χ0v) is 23.1. The molecule has 0 heterocycles. The van der Waals surface area contributed by atoms with Crippen molar-refractivity contribution in [1.82, 2.24) is 5.32 Å². The normalized spacial score (nSPS) is 40.3. The molecule has 4 saturated carbocycles. The number of fused-ring (bicyclic) bond motifs is 5. The Kier molecular flexibility index (Phi) is 8.25. The maximum atomic E-state index is 12.5. The van der Waals surface area contributed by atoms with Gasteiger partial charge in [0.2, 0.25) is 22.1 Å². The minimum Gasteiger partial charge on any atom is -0.393 e. The zero-order chi connectivity index (χ0) is 26.3. The van der Waals surface area contributed by atoms with Crippen LogP contribution < -0.4 is 11.1 Å². The summed E-state index contributed by atoms with van der Waals surface area (Å²) in [5.74, 6) is 3.07. The highest BCUT2D eigenvalue weighted by Crippen LogP contribution is 2.68. The fourth-order valence-electron chi connectivity index (χ4n) is 9.41. The maximum absolute atomic E-state index is 12.5. The third-order valence-electron chi connectivity index (χ3n) is 11.3. The van der Waals surface area contributed by atoms with Gasteiger partial charge < -0.3 is 16.2 Å². The van der Waals surface area contributed by atoms with E-state index in [1.807, 2.05) is 0 Å². The number of rotatable bonds is 7. The minimum absolute atomic E-state index is 0.0730. The number of aliphatic hydroxyl groups is 1. The Balaban J connectivity index is 1.36. The van der Waals surface area contributed by atoms with E-state index in [0.717, 1.165) is 37.0 Å². The third kappa shape index (κ3) is 5.27. The van der Waals surface area contributed by atoms with Gasteiger partial charge in [0.25, 0.3) is 0 Å². The second-order valence-electron chi connectivity index (χ2n) is 13.0. The monoisotopic (exact) mass is 522 g/mol. The van der Waals surface area contributed by atoms with E-state index in [1.54, 1.807) is 0 Å². The molecule has 0 saturated heterocycles. The van der Waals surface area contributed by atoms with Crippen LogP contribution in [-0.2, 0) is 19.9 Å². The Labute approximate surface area is 217 Å². The lowest BCUT2D eigenvalue weighted by Gasteiger charge is -2.61. The highest BCUT2D eigenvalue weighted by Gasteiger charge is 2.60. The molecule has 0 aromatic rings. The van der Waals surface area contributed by atoms with Gasteiger partial charge in [0.15, 0.2) is 0 Å². The van der Waals surface area contributed by atoms with Gasteiger partial charge in [-0.3, -0.25) is 9.59 Å². The van der Waals surface area contributed by atoms with Gasteiger partial charge in [0, 0.05) is 19.3 Å². The van der Waals surface area contributed by atoms with Gasteiger partial charge in [-0.15, -0.1) is 0 Å². The summed E-state index contributed by atoms with van der Waals surface area (Å²) in [4.78, 5) is 23.4. The summed E-state index contributed by atoms with van der Waals surface area (Å²) in [6, 6.07) is 0. The summed E-state index contributed by atoms with van der Waals surface area (Å²) in [7, 11) is -2.57. The van der Waals surface area contributed by atoms with Crippen LogP contribution in [-0.4, -0.2) is 36.4 Å². The van der Waals surface area contributed by atoms with Gasteiger partial charge in [0.05, 0.1) is 6.10 Å². The molecule has 0 aromatic carbocycles. The molecule has 4 aliphatic carbocycles. The first kappa shape index (κ1) is 27.6. The first-order chi connectivity index (χ1) is 17.0. The van der Waals surface area contributed by atoms with E-state index < -0.39 is 16.2 Å². The predicted molar refractivity (Wildman–Crippen MR) is 140 cm³/mol. The summed E-state index contributed by atoms with van der Waals surface area (Å²) in [5, 5.41) is 12.8. The van der Waals surface area contributed by atoms with Gasteiger partial charge in [-0.25, -0.2) is 0 Å². The molecule has 0 radical (unpaired) electrons. The Morgan fingerprint density at radius 1 is 0.972 bits per heavy atom. The number of carbonyl (C=O) groups excluding carboxylic acids is 2. The standard InChI is InChI=1S/C28H46N2O5S/c1-17(4-10-25(33)30-26(36(34)35)11-9-24(29)32)21-7-8-22-20-6-5-18-16-19(31)12-14-27(18,2)23(20)13-15-28(21,22)3/h17-23,31H,4-16H2,1-3H3,(H2,29,32)(H,30,33)/t17-,18-,19+,20+,21-,22+,23+,27+,28-/m1/s1. The molecule has 4 rings (SSSR count). The van der Waals surface area contributed by atoms with Crippen LogP contribution in [0.4, 0.5) is 0 Å². The van der Waals surface area contributed by atoms with Gasteiger partial charge >= 0.3 is 0 Å². The molecule has 4 fully saturated rings. The third-order valence-corrected chi connectivity index (χ3v) is 12.0. The second kappa shape index (κ2) is 10.8. The van der Waals surface area contributed by atoms with Crippen molar-refractivity contribution in [2.45, 2.75) is 110 Å². The number of hydrogen-bond acceptors (Lipinski definition) is 5. The van der Waals surface area contributed by atoms with E-state index in [0.29, 0.717) is 28.6 Å². The van der Waals surface area contributed by atoms with Crippen LogP contribution in [0.1, 0.15) is 104 Å². The molecule has 2 amide bonds. The van der Waals surface area contributed by atoms with E-state index in [9.17, 15) is 23.1 Å². The Bertz CT molecular complexity index is 988. The lowest BCUT2D eigenvalue weighted by molar-refractivity contribution is -0.129. The maximum Gasteiger partial charge on any atom is 0.233 e. The molecule has 8 heteroatoms. The van der Waals surface area contributed by atoms with E-state index in [-0.39, 0.29) is 36.3 Å². The quantitative estimate of drug-likeness (QED) is 0.438. The van der Waals surface area contributed by atoms with Crippen LogP contribution >= 0.6 is 0 Å². The number of carbonyl (C=O) groups is 2. The first-order valence-corrected chi connectivity index (χ1v) is 15.2. The number of nitrogens with two attached hydrogens (primary N) is 1. The Morgan fingerprint density at radius 2 is 1.67 bits per heavy atom. The molecule has 0 spiro atoms. The van der Waals surface area contributed by atoms with E-state index >= 15 is 0 Å². The lowest BCUT2D eigenvalue weighted by Crippen LogP contribution is -2.54. The number of nitrogens with one attached hydrogen (secondary N) is 1. The first-order valence-electron chi connectivity index (χ1n) is 14.2. The average molecular weight is 523 g/mol. The molecule has 204 valence electrons. The molecular weight excluding hydrogens is 476 g/mol. The summed E-state index contributed by atoms with van der Waals surface area (Å²) >= 11 is 0. The summed E-state index contributed by atoms with van der Waals surface area (Å²) in [5.41, 5.74) is 5.81. The predicted octanol–water partition coefficient (Wildman–Crippen LogP) is 3.81. The number of aliphatic hydroxyl groups excluding tert-OH is 1. The van der Waals surface area contributed by atoms with Crippen LogP contribution in [0.25, 0.3) is 0 Å². The fraction of sp³-hybridized carbons (Fsp3) is 0.893. The van der Waals surface area contributed by atoms with Crippen molar-refractivity contribution in [1.29, 1.82) is 0 Å². The average Bonchev–Trinajstić information content (AvgIpc) is 3.17. The summed E-state index contributed by atoms with van der Waals surface area (Å²) in [6.45, 7) is 7.31. The van der Waals surface area contributed by atoms with Crippen molar-refractivity contribution in [3.8, 4) is 0 Å². The molecule has 0 unspecified atom stereocenters. The van der Waals surface area contributed by atoms with Crippen LogP contribution in [0, 0.1) is 46.3 Å². The lowest BCUT2D eigenvalue weighted by atomic mass is 9.44. The second-order valence-corrected chi connectivity index (χ2v) is 14.0. The number of primary amides is 1. The van der Waals surface area contributed by atoms with Gasteiger partial charge in [0.1, 0.15) is 4.99 Å². The van der Waals surface area contributed by atoms with Gasteiger partial charge in [-0.05, 0) is 111 Å². The van der Waals surface area contributed by atoms with Crippen molar-refractivity contribution in [2.75, 3.05) is 0 Å². The van der Waals surface area contributed by atoms with E-state index in [4.69, 9.17) is 5.73 Å². The molecule has 7 nitrogen and oxygen atoms in total. The number of amides is 2. The SMILES string of the molecule is C[C@H](CCC(=O)NC(CCC(N)=O)=S(=O)=O)[C@H]1CC[C@H]2[C@@H]3CC[C@@H]4C[C@@H](O)CC[C@]4(C)[C@H]3CC[C@]12C. The molecule has 36 heavy (non-hydrogen) atoms. The largest absolute Gasteiger partial charge is 0.393 e. The molecule has 4 aliphatic rings. The molecule has 0 aliphatic heterocycles. The van der Waals surface area contributed by atoms with E-state index in [1.165, 1.54) is 44.9 Å². The van der Waals surface area contributed by atoms with Gasteiger partial charge in [-0.2, -0.15) is 8.42 Å². The molecular formula is C28H46N2O5S. The molecule has 0 bridgehead atoms. The van der Waals surface area contributed by atoms with Crippen LogP contribution in [0.3, 0.4) is 0 Å². The van der Waals surface area contributed by atoms with Crippen molar-refractivity contribution >= 4 is 27.1 Å². The molecule has 9 atom stereocenters. The Hall–Kier alpha value is -1.41. The number of hydrogen-bond donors (Lipinski definition) is 3. The van der Waals surface area contributed by atoms with Crippen LogP contribution in [0.5, 0.6) is 0 Å². The van der Waals surface area contributed by atoms with E-state index in [2.05, 4.69) is 26.1 Å². The molecule has 4 N–H and O–H groups in total.